The van der Waals surface area contributed by atoms with Crippen molar-refractivity contribution in [2.45, 2.75) is 13.0 Å². The number of nitrogens with zero attached hydrogens (tertiary/aromatic N) is 1. The fourth-order valence-electron chi connectivity index (χ4n) is 2.52. The molecule has 0 aliphatic rings. The molecular formula is C20H17FN2O. The van der Waals surface area contributed by atoms with Gasteiger partial charge in [-0.2, -0.15) is 0 Å². The first kappa shape index (κ1) is 15.9. The standard InChI is InChI=1S/C20H17FN2O/c1-14-8-10-15(11-9-14)19(16-5-4-12-22-13-16)23-20(24)17-6-2-3-7-18(17)21/h2-13,19H,1H3,(H,23,24)/t19-/m0/s1. The molecule has 0 saturated carbocycles. The minimum atomic E-state index is -0.538. The van der Waals surface area contributed by atoms with Crippen LogP contribution in [0, 0.1) is 12.7 Å². The molecule has 24 heavy (non-hydrogen) atoms. The van der Waals surface area contributed by atoms with Gasteiger partial charge in [-0.05, 0) is 36.2 Å². The molecule has 3 rings (SSSR count). The molecule has 1 amide bonds. The number of pyridine rings is 1. The van der Waals surface area contributed by atoms with Crippen LogP contribution < -0.4 is 5.32 Å². The van der Waals surface area contributed by atoms with Crippen LogP contribution in [-0.2, 0) is 0 Å². The number of aromatic nitrogens is 1. The van der Waals surface area contributed by atoms with Gasteiger partial charge < -0.3 is 5.32 Å². The van der Waals surface area contributed by atoms with Crippen molar-refractivity contribution in [3.05, 3.63) is 101 Å². The van der Waals surface area contributed by atoms with Crippen LogP contribution in [-0.4, -0.2) is 10.9 Å². The van der Waals surface area contributed by atoms with E-state index in [-0.39, 0.29) is 5.56 Å². The minimum Gasteiger partial charge on any atom is -0.341 e. The van der Waals surface area contributed by atoms with Gasteiger partial charge in [0.15, 0.2) is 0 Å². The van der Waals surface area contributed by atoms with Crippen LogP contribution in [0.15, 0.2) is 73.1 Å². The predicted octanol–water partition coefficient (Wildman–Crippen LogP) is 4.05. The molecule has 0 unspecified atom stereocenters. The summed E-state index contributed by atoms with van der Waals surface area (Å²) in [6.45, 7) is 2.00. The van der Waals surface area contributed by atoms with E-state index in [0.29, 0.717) is 0 Å². The molecule has 0 radical (unpaired) electrons. The summed E-state index contributed by atoms with van der Waals surface area (Å²) in [6, 6.07) is 17.1. The van der Waals surface area contributed by atoms with Crippen LogP contribution in [0.4, 0.5) is 4.39 Å². The van der Waals surface area contributed by atoms with Gasteiger partial charge in [-0.1, -0.05) is 48.0 Å². The lowest BCUT2D eigenvalue weighted by molar-refractivity contribution is 0.0939. The third kappa shape index (κ3) is 3.49. The van der Waals surface area contributed by atoms with E-state index in [9.17, 15) is 9.18 Å². The van der Waals surface area contributed by atoms with E-state index in [4.69, 9.17) is 0 Å². The highest BCUT2D eigenvalue weighted by Crippen LogP contribution is 2.22. The first-order valence-electron chi connectivity index (χ1n) is 7.67. The quantitative estimate of drug-likeness (QED) is 0.788. The lowest BCUT2D eigenvalue weighted by atomic mass is 9.98. The van der Waals surface area contributed by atoms with E-state index in [1.807, 2.05) is 43.3 Å². The molecule has 1 heterocycles. The van der Waals surface area contributed by atoms with Gasteiger partial charge in [0.1, 0.15) is 5.82 Å². The Bertz CT molecular complexity index is 832. The Labute approximate surface area is 140 Å². The number of nitrogens with one attached hydrogen (secondary N) is 1. The number of carbonyl (C=O) groups is 1. The highest BCUT2D eigenvalue weighted by Gasteiger charge is 2.19. The molecule has 2 aromatic carbocycles. The maximum absolute atomic E-state index is 13.9. The Kier molecular flexibility index (Phi) is 4.66. The molecule has 3 nitrogen and oxygen atoms in total. The number of rotatable bonds is 4. The lowest BCUT2D eigenvalue weighted by Crippen LogP contribution is -2.30. The Hall–Kier alpha value is -3.01. The summed E-state index contributed by atoms with van der Waals surface area (Å²) in [7, 11) is 0. The van der Waals surface area contributed by atoms with Crippen molar-refractivity contribution in [1.82, 2.24) is 10.3 Å². The molecule has 1 aromatic heterocycles. The topological polar surface area (TPSA) is 42.0 Å². The van der Waals surface area contributed by atoms with Crippen LogP contribution in [0.25, 0.3) is 0 Å². The second kappa shape index (κ2) is 7.04. The summed E-state index contributed by atoms with van der Waals surface area (Å²) < 4.78 is 13.9. The molecule has 4 heteroatoms. The second-order valence-corrected chi connectivity index (χ2v) is 5.58. The maximum atomic E-state index is 13.9. The Morgan fingerprint density at radius 3 is 2.42 bits per heavy atom. The first-order chi connectivity index (χ1) is 11.6. The fourth-order valence-corrected chi connectivity index (χ4v) is 2.52. The van der Waals surface area contributed by atoms with E-state index in [1.165, 1.54) is 12.1 Å². The minimum absolute atomic E-state index is 0.0264. The summed E-state index contributed by atoms with van der Waals surface area (Å²) in [5.41, 5.74) is 2.91. The van der Waals surface area contributed by atoms with Crippen LogP contribution in [0.5, 0.6) is 0 Å². The van der Waals surface area contributed by atoms with Crippen molar-refractivity contribution in [3.8, 4) is 0 Å². The zero-order valence-corrected chi connectivity index (χ0v) is 13.2. The second-order valence-electron chi connectivity index (χ2n) is 5.58. The van der Waals surface area contributed by atoms with Gasteiger partial charge in [-0.25, -0.2) is 4.39 Å². The molecule has 0 aliphatic carbocycles. The molecule has 3 aromatic rings. The molecule has 0 spiro atoms. The molecular weight excluding hydrogens is 303 g/mol. The Morgan fingerprint density at radius 2 is 1.75 bits per heavy atom. The molecule has 1 atom stereocenters. The zero-order chi connectivity index (χ0) is 16.9. The molecule has 0 aliphatic heterocycles. The molecule has 0 fully saturated rings. The Balaban J connectivity index is 1.95. The Morgan fingerprint density at radius 1 is 1.00 bits per heavy atom. The smallest absolute Gasteiger partial charge is 0.255 e. The summed E-state index contributed by atoms with van der Waals surface area (Å²) in [6.07, 6.45) is 3.38. The summed E-state index contributed by atoms with van der Waals surface area (Å²) in [5.74, 6) is -0.994. The van der Waals surface area contributed by atoms with Crippen LogP contribution in [0.1, 0.15) is 33.1 Å². The summed E-state index contributed by atoms with van der Waals surface area (Å²) in [4.78, 5) is 16.6. The molecule has 0 saturated heterocycles. The maximum Gasteiger partial charge on any atom is 0.255 e. The van der Waals surface area contributed by atoms with Gasteiger partial charge in [-0.3, -0.25) is 9.78 Å². The average molecular weight is 320 g/mol. The van der Waals surface area contributed by atoms with Crippen molar-refractivity contribution in [1.29, 1.82) is 0 Å². The van der Waals surface area contributed by atoms with E-state index >= 15 is 0 Å². The number of hydrogen-bond acceptors (Lipinski definition) is 2. The van der Waals surface area contributed by atoms with Crippen molar-refractivity contribution in [2.24, 2.45) is 0 Å². The third-order valence-corrected chi connectivity index (χ3v) is 3.82. The van der Waals surface area contributed by atoms with Gasteiger partial charge in [-0.15, -0.1) is 0 Å². The molecule has 1 N–H and O–H groups in total. The normalized spacial score (nSPS) is 11.8. The molecule has 120 valence electrons. The van der Waals surface area contributed by atoms with Gasteiger partial charge in [0.2, 0.25) is 0 Å². The van der Waals surface area contributed by atoms with Crippen molar-refractivity contribution >= 4 is 5.91 Å². The van der Waals surface area contributed by atoms with Crippen molar-refractivity contribution in [2.75, 3.05) is 0 Å². The van der Waals surface area contributed by atoms with Gasteiger partial charge in [0, 0.05) is 12.4 Å². The fraction of sp³-hybridized carbons (Fsp3) is 0.100. The van der Waals surface area contributed by atoms with Gasteiger partial charge in [0.25, 0.3) is 5.91 Å². The predicted molar refractivity (Wildman–Crippen MR) is 91.1 cm³/mol. The van der Waals surface area contributed by atoms with E-state index < -0.39 is 17.8 Å². The lowest BCUT2D eigenvalue weighted by Gasteiger charge is -2.20. The molecule has 0 bridgehead atoms. The average Bonchev–Trinajstić information content (AvgIpc) is 2.61. The largest absolute Gasteiger partial charge is 0.341 e. The highest BCUT2D eigenvalue weighted by atomic mass is 19.1. The summed E-state index contributed by atoms with van der Waals surface area (Å²) >= 11 is 0. The zero-order valence-electron chi connectivity index (χ0n) is 13.2. The van der Waals surface area contributed by atoms with Crippen LogP contribution in [0.2, 0.25) is 0 Å². The van der Waals surface area contributed by atoms with E-state index in [2.05, 4.69) is 10.3 Å². The third-order valence-electron chi connectivity index (χ3n) is 3.82. The van der Waals surface area contributed by atoms with Gasteiger partial charge in [0.05, 0.1) is 11.6 Å². The van der Waals surface area contributed by atoms with E-state index in [1.54, 1.807) is 24.5 Å². The van der Waals surface area contributed by atoms with Crippen LogP contribution in [0.3, 0.4) is 0 Å². The first-order valence-corrected chi connectivity index (χ1v) is 7.67. The number of benzene rings is 2. The van der Waals surface area contributed by atoms with Crippen molar-refractivity contribution in [3.63, 3.8) is 0 Å². The summed E-state index contributed by atoms with van der Waals surface area (Å²) in [5, 5.41) is 2.91. The van der Waals surface area contributed by atoms with Gasteiger partial charge >= 0.3 is 0 Å². The number of amides is 1. The number of aryl methyl sites for hydroxylation is 1. The van der Waals surface area contributed by atoms with E-state index in [0.717, 1.165) is 16.7 Å². The monoisotopic (exact) mass is 320 g/mol. The number of carbonyl (C=O) groups excluding carboxylic acids is 1. The SMILES string of the molecule is Cc1ccc([C@H](NC(=O)c2ccccc2F)c2cccnc2)cc1. The van der Waals surface area contributed by atoms with Crippen molar-refractivity contribution < 1.29 is 9.18 Å². The van der Waals surface area contributed by atoms with Crippen LogP contribution >= 0.6 is 0 Å². The number of hydrogen-bond donors (Lipinski definition) is 1. The highest BCUT2D eigenvalue weighted by molar-refractivity contribution is 5.94. The number of halogens is 1.